The number of tetrazole rings is 1. The van der Waals surface area contributed by atoms with Crippen molar-refractivity contribution in [3.8, 4) is 5.75 Å². The smallest absolute Gasteiger partial charge is 0.177 e. The number of ether oxygens (including phenoxy) is 1. The average Bonchev–Trinajstić information content (AvgIpc) is 2.74. The number of hydrogen-bond acceptors (Lipinski definition) is 5. The minimum absolute atomic E-state index is 0.480. The van der Waals surface area contributed by atoms with Crippen molar-refractivity contribution in [1.82, 2.24) is 20.6 Å². The summed E-state index contributed by atoms with van der Waals surface area (Å²) >= 11 is 0. The van der Waals surface area contributed by atoms with Crippen molar-refractivity contribution in [3.05, 3.63) is 30.1 Å². The Hall–Kier alpha value is -2.11. The van der Waals surface area contributed by atoms with Crippen LogP contribution >= 0.6 is 0 Å². The Morgan fingerprint density at radius 3 is 2.93 bits per heavy atom. The molecule has 2 rings (SSSR count). The summed E-state index contributed by atoms with van der Waals surface area (Å²) in [7, 11) is 0. The van der Waals surface area contributed by atoms with Gasteiger partial charge in [-0.15, -0.1) is 10.2 Å². The number of nitrogens with two attached hydrogens (primary N) is 1. The van der Waals surface area contributed by atoms with Gasteiger partial charge >= 0.3 is 0 Å². The fourth-order valence-electron chi connectivity index (χ4n) is 1.15. The van der Waals surface area contributed by atoms with Crippen molar-refractivity contribution in [3.63, 3.8) is 0 Å². The van der Waals surface area contributed by atoms with Gasteiger partial charge in [0, 0.05) is 6.42 Å². The van der Waals surface area contributed by atoms with E-state index in [0.717, 1.165) is 0 Å². The lowest BCUT2D eigenvalue weighted by molar-refractivity contribution is 0.320. The predicted molar refractivity (Wildman–Crippen MR) is 54.2 cm³/mol. The summed E-state index contributed by atoms with van der Waals surface area (Å²) < 4.78 is 5.46. The molecule has 3 N–H and O–H groups in total. The Kier molecular flexibility index (Phi) is 2.77. The molecule has 0 saturated heterocycles. The Balaban J connectivity index is 1.86. The maximum atomic E-state index is 5.71. The molecule has 0 unspecified atom stereocenters. The first kappa shape index (κ1) is 9.45. The summed E-state index contributed by atoms with van der Waals surface area (Å²) in [5, 5.41) is 13.5. The molecule has 0 amide bonds. The molecular formula is C9H11N5O. The van der Waals surface area contributed by atoms with Gasteiger partial charge in [0.15, 0.2) is 5.82 Å². The molecule has 0 aliphatic carbocycles. The topological polar surface area (TPSA) is 89.7 Å². The number of benzene rings is 1. The lowest BCUT2D eigenvalue weighted by Gasteiger charge is -2.06. The first-order chi connectivity index (χ1) is 7.36. The molecule has 0 saturated carbocycles. The monoisotopic (exact) mass is 205 g/mol. The van der Waals surface area contributed by atoms with Gasteiger partial charge in [-0.05, 0) is 12.1 Å². The minimum atomic E-state index is 0.480. The number of anilines is 1. The van der Waals surface area contributed by atoms with Crippen LogP contribution in [0.3, 0.4) is 0 Å². The number of hydrogen-bond donors (Lipinski definition) is 2. The van der Waals surface area contributed by atoms with Crippen molar-refractivity contribution in [1.29, 1.82) is 0 Å². The van der Waals surface area contributed by atoms with Crippen LogP contribution in [0.15, 0.2) is 24.3 Å². The van der Waals surface area contributed by atoms with Crippen molar-refractivity contribution in [2.24, 2.45) is 0 Å². The first-order valence-electron chi connectivity index (χ1n) is 4.56. The maximum Gasteiger partial charge on any atom is 0.177 e. The van der Waals surface area contributed by atoms with E-state index in [1.807, 2.05) is 18.2 Å². The van der Waals surface area contributed by atoms with Gasteiger partial charge in [-0.25, -0.2) is 0 Å². The second-order valence-corrected chi connectivity index (χ2v) is 2.96. The fraction of sp³-hybridized carbons (Fsp3) is 0.222. The Morgan fingerprint density at radius 1 is 1.33 bits per heavy atom. The van der Waals surface area contributed by atoms with Gasteiger partial charge < -0.3 is 10.5 Å². The van der Waals surface area contributed by atoms with Crippen LogP contribution in [0.2, 0.25) is 0 Å². The van der Waals surface area contributed by atoms with Crippen molar-refractivity contribution >= 4 is 5.69 Å². The molecular weight excluding hydrogens is 194 g/mol. The van der Waals surface area contributed by atoms with E-state index in [-0.39, 0.29) is 0 Å². The molecule has 78 valence electrons. The third kappa shape index (κ3) is 2.43. The lowest BCUT2D eigenvalue weighted by atomic mass is 10.3. The minimum Gasteiger partial charge on any atom is -0.491 e. The third-order valence-corrected chi connectivity index (χ3v) is 1.89. The lowest BCUT2D eigenvalue weighted by Crippen LogP contribution is -2.04. The van der Waals surface area contributed by atoms with E-state index >= 15 is 0 Å². The van der Waals surface area contributed by atoms with E-state index in [2.05, 4.69) is 20.6 Å². The van der Waals surface area contributed by atoms with E-state index in [9.17, 15) is 0 Å². The Labute approximate surface area is 86.4 Å². The predicted octanol–water partition coefficient (Wildman–Crippen LogP) is 0.403. The summed E-state index contributed by atoms with van der Waals surface area (Å²) in [6, 6.07) is 7.36. The summed E-state index contributed by atoms with van der Waals surface area (Å²) in [6.07, 6.45) is 0.602. The van der Waals surface area contributed by atoms with Crippen molar-refractivity contribution in [2.45, 2.75) is 6.42 Å². The number of rotatable bonds is 4. The van der Waals surface area contributed by atoms with Gasteiger partial charge in [0.1, 0.15) is 5.75 Å². The zero-order valence-corrected chi connectivity index (χ0v) is 8.05. The number of nitrogens with zero attached hydrogens (tertiary/aromatic N) is 3. The molecule has 0 spiro atoms. The zero-order chi connectivity index (χ0) is 10.5. The molecule has 15 heavy (non-hydrogen) atoms. The van der Waals surface area contributed by atoms with E-state index in [0.29, 0.717) is 30.3 Å². The normalized spacial score (nSPS) is 10.1. The SMILES string of the molecule is Nc1ccccc1OCCc1nn[nH]n1. The second-order valence-electron chi connectivity index (χ2n) is 2.96. The number of nitrogens with one attached hydrogen (secondary N) is 1. The molecule has 1 aromatic heterocycles. The number of H-pyrrole nitrogens is 1. The standard InChI is InChI=1S/C9H11N5O/c10-7-3-1-2-4-8(7)15-6-5-9-11-13-14-12-9/h1-4H,5-6,10H2,(H,11,12,13,14). The van der Waals surface area contributed by atoms with Gasteiger partial charge in [-0.3, -0.25) is 0 Å². The summed E-state index contributed by atoms with van der Waals surface area (Å²) in [5.41, 5.74) is 6.34. The van der Waals surface area contributed by atoms with E-state index in [4.69, 9.17) is 10.5 Å². The second kappa shape index (κ2) is 4.41. The number of aromatic amines is 1. The highest BCUT2D eigenvalue weighted by atomic mass is 16.5. The highest BCUT2D eigenvalue weighted by Gasteiger charge is 2.01. The molecule has 0 bridgehead atoms. The average molecular weight is 205 g/mol. The van der Waals surface area contributed by atoms with Crippen LogP contribution < -0.4 is 10.5 Å². The van der Waals surface area contributed by atoms with E-state index in [1.165, 1.54) is 0 Å². The van der Waals surface area contributed by atoms with Crippen LogP contribution in [-0.2, 0) is 6.42 Å². The van der Waals surface area contributed by atoms with Gasteiger partial charge in [-0.1, -0.05) is 17.3 Å². The highest BCUT2D eigenvalue weighted by Crippen LogP contribution is 2.19. The number of nitrogen functional groups attached to an aromatic ring is 1. The van der Waals surface area contributed by atoms with Gasteiger partial charge in [0.05, 0.1) is 12.3 Å². The molecule has 0 aliphatic heterocycles. The molecule has 0 fully saturated rings. The molecule has 1 aromatic carbocycles. The summed E-state index contributed by atoms with van der Waals surface area (Å²) in [4.78, 5) is 0. The molecule has 2 aromatic rings. The number of aromatic nitrogens is 4. The molecule has 0 atom stereocenters. The Morgan fingerprint density at radius 2 is 2.20 bits per heavy atom. The zero-order valence-electron chi connectivity index (χ0n) is 8.05. The van der Waals surface area contributed by atoms with E-state index < -0.39 is 0 Å². The van der Waals surface area contributed by atoms with Crippen LogP contribution in [0.1, 0.15) is 5.82 Å². The van der Waals surface area contributed by atoms with Crippen molar-refractivity contribution < 1.29 is 4.74 Å². The molecule has 1 heterocycles. The largest absolute Gasteiger partial charge is 0.491 e. The van der Waals surface area contributed by atoms with Crippen LogP contribution in [0, 0.1) is 0 Å². The Bertz CT molecular complexity index is 414. The van der Waals surface area contributed by atoms with Crippen LogP contribution in [0.25, 0.3) is 0 Å². The molecule has 6 heteroatoms. The van der Waals surface area contributed by atoms with E-state index in [1.54, 1.807) is 6.07 Å². The quantitative estimate of drug-likeness (QED) is 0.705. The van der Waals surface area contributed by atoms with Crippen molar-refractivity contribution in [2.75, 3.05) is 12.3 Å². The molecule has 0 aliphatic rings. The maximum absolute atomic E-state index is 5.71. The van der Waals surface area contributed by atoms with Gasteiger partial charge in [0.25, 0.3) is 0 Å². The van der Waals surface area contributed by atoms with Gasteiger partial charge in [0.2, 0.25) is 0 Å². The fourth-order valence-corrected chi connectivity index (χ4v) is 1.15. The summed E-state index contributed by atoms with van der Waals surface area (Å²) in [6.45, 7) is 0.480. The molecule has 6 nitrogen and oxygen atoms in total. The molecule has 0 radical (unpaired) electrons. The van der Waals surface area contributed by atoms with Crippen LogP contribution in [0.5, 0.6) is 5.75 Å². The number of para-hydroxylation sites is 2. The highest BCUT2D eigenvalue weighted by molar-refractivity contribution is 5.51. The van der Waals surface area contributed by atoms with Gasteiger partial charge in [-0.2, -0.15) is 5.21 Å². The van der Waals surface area contributed by atoms with Crippen LogP contribution in [0.4, 0.5) is 5.69 Å². The first-order valence-corrected chi connectivity index (χ1v) is 4.56. The van der Waals surface area contributed by atoms with Crippen LogP contribution in [-0.4, -0.2) is 27.2 Å². The summed E-state index contributed by atoms with van der Waals surface area (Å²) in [5.74, 6) is 1.31. The third-order valence-electron chi connectivity index (χ3n) is 1.89.